The number of ether oxygens (including phenoxy) is 1. The van der Waals surface area contributed by atoms with Crippen LogP contribution in [0.4, 0.5) is 4.79 Å². The Morgan fingerprint density at radius 2 is 1.89 bits per heavy atom. The van der Waals surface area contributed by atoms with Crippen molar-refractivity contribution in [3.05, 3.63) is 35.9 Å². The SMILES string of the molecule is CC(C)C[C@H]1C(=O)OC(=O)N1Cc1ccccc1. The predicted octanol–water partition coefficient (Wildman–Crippen LogP) is 2.58. The van der Waals surface area contributed by atoms with E-state index >= 15 is 0 Å². The van der Waals surface area contributed by atoms with Crippen LogP contribution in [-0.4, -0.2) is 23.0 Å². The highest BCUT2D eigenvalue weighted by Gasteiger charge is 2.40. The standard InChI is InChI=1S/C14H17NO3/c1-10(2)8-12-13(16)18-14(17)15(12)9-11-6-4-3-5-7-11/h3-7,10,12H,8-9H2,1-2H3/t12-/m0/s1. The molecular weight excluding hydrogens is 230 g/mol. The van der Waals surface area contributed by atoms with Gasteiger partial charge in [0.15, 0.2) is 0 Å². The van der Waals surface area contributed by atoms with E-state index in [1.54, 1.807) is 0 Å². The summed E-state index contributed by atoms with van der Waals surface area (Å²) in [6, 6.07) is 9.16. The van der Waals surface area contributed by atoms with Gasteiger partial charge in [-0.05, 0) is 17.9 Å². The Bertz CT molecular complexity index is 442. The predicted molar refractivity (Wildman–Crippen MR) is 66.7 cm³/mol. The molecule has 1 amide bonds. The second-order valence-electron chi connectivity index (χ2n) is 4.95. The van der Waals surface area contributed by atoms with Crippen LogP contribution in [0.3, 0.4) is 0 Å². The molecule has 1 aromatic carbocycles. The van der Waals surface area contributed by atoms with Crippen LogP contribution in [0.25, 0.3) is 0 Å². The van der Waals surface area contributed by atoms with Crippen molar-refractivity contribution >= 4 is 12.1 Å². The first-order chi connectivity index (χ1) is 8.58. The van der Waals surface area contributed by atoms with Crippen molar-refractivity contribution in [3.8, 4) is 0 Å². The Labute approximate surface area is 107 Å². The maximum atomic E-state index is 11.7. The Kier molecular flexibility index (Phi) is 3.65. The summed E-state index contributed by atoms with van der Waals surface area (Å²) in [6.07, 6.45) is 0.103. The lowest BCUT2D eigenvalue weighted by Gasteiger charge is -2.21. The number of esters is 1. The van der Waals surface area contributed by atoms with Crippen LogP contribution in [0.1, 0.15) is 25.8 Å². The van der Waals surface area contributed by atoms with Gasteiger partial charge in [0, 0.05) is 6.54 Å². The van der Waals surface area contributed by atoms with Crippen molar-refractivity contribution in [3.63, 3.8) is 0 Å². The highest BCUT2D eigenvalue weighted by Crippen LogP contribution is 2.22. The molecule has 0 aromatic heterocycles. The smallest absolute Gasteiger partial charge is 0.375 e. The van der Waals surface area contributed by atoms with E-state index in [0.29, 0.717) is 18.9 Å². The van der Waals surface area contributed by atoms with Crippen LogP contribution in [0, 0.1) is 5.92 Å². The number of nitrogens with zero attached hydrogens (tertiary/aromatic N) is 1. The summed E-state index contributed by atoms with van der Waals surface area (Å²) in [6.45, 7) is 4.47. The van der Waals surface area contributed by atoms with Crippen LogP contribution in [0.15, 0.2) is 30.3 Å². The van der Waals surface area contributed by atoms with E-state index in [2.05, 4.69) is 0 Å². The number of carbonyl (C=O) groups is 2. The second-order valence-corrected chi connectivity index (χ2v) is 4.95. The summed E-state index contributed by atoms with van der Waals surface area (Å²) >= 11 is 0. The molecule has 0 spiro atoms. The van der Waals surface area contributed by atoms with Crippen molar-refractivity contribution in [1.29, 1.82) is 0 Å². The molecule has 1 aliphatic rings. The molecule has 1 heterocycles. The summed E-state index contributed by atoms with van der Waals surface area (Å²) in [5.74, 6) is -0.0867. The highest BCUT2D eigenvalue weighted by molar-refractivity contribution is 5.95. The monoisotopic (exact) mass is 247 g/mol. The van der Waals surface area contributed by atoms with Crippen molar-refractivity contribution in [2.75, 3.05) is 0 Å². The summed E-state index contributed by atoms with van der Waals surface area (Å²) in [4.78, 5) is 24.8. The minimum atomic E-state index is -0.533. The third kappa shape index (κ3) is 2.70. The lowest BCUT2D eigenvalue weighted by molar-refractivity contribution is -0.136. The molecule has 1 aromatic rings. The molecule has 0 bridgehead atoms. The molecular formula is C14H17NO3. The summed E-state index contributed by atoms with van der Waals surface area (Å²) < 4.78 is 4.71. The first kappa shape index (κ1) is 12.6. The molecule has 1 fully saturated rings. The van der Waals surface area contributed by atoms with Gasteiger partial charge in [-0.1, -0.05) is 44.2 Å². The molecule has 4 heteroatoms. The molecule has 4 nitrogen and oxygen atoms in total. The van der Waals surface area contributed by atoms with E-state index in [1.807, 2.05) is 44.2 Å². The average Bonchev–Trinajstić information content (AvgIpc) is 2.57. The van der Waals surface area contributed by atoms with Gasteiger partial charge in [-0.3, -0.25) is 4.90 Å². The second kappa shape index (κ2) is 5.21. The van der Waals surface area contributed by atoms with Crippen LogP contribution >= 0.6 is 0 Å². The maximum Gasteiger partial charge on any atom is 0.418 e. The fraction of sp³-hybridized carbons (Fsp3) is 0.429. The minimum Gasteiger partial charge on any atom is -0.375 e. The largest absolute Gasteiger partial charge is 0.418 e. The van der Waals surface area contributed by atoms with Gasteiger partial charge in [0.25, 0.3) is 0 Å². The zero-order valence-electron chi connectivity index (χ0n) is 10.6. The Morgan fingerprint density at radius 1 is 1.22 bits per heavy atom. The van der Waals surface area contributed by atoms with Crippen LogP contribution in [0.2, 0.25) is 0 Å². The van der Waals surface area contributed by atoms with E-state index in [9.17, 15) is 9.59 Å². The first-order valence-electron chi connectivity index (χ1n) is 6.14. The lowest BCUT2D eigenvalue weighted by atomic mass is 10.0. The lowest BCUT2D eigenvalue weighted by Crippen LogP contribution is -2.35. The number of carbonyl (C=O) groups excluding carboxylic acids is 2. The van der Waals surface area contributed by atoms with E-state index in [1.165, 1.54) is 4.90 Å². The molecule has 1 aliphatic heterocycles. The average molecular weight is 247 g/mol. The molecule has 18 heavy (non-hydrogen) atoms. The van der Waals surface area contributed by atoms with Gasteiger partial charge in [0.1, 0.15) is 6.04 Å². The van der Waals surface area contributed by atoms with Crippen molar-refractivity contribution in [1.82, 2.24) is 4.90 Å². The van der Waals surface area contributed by atoms with Crippen molar-refractivity contribution in [2.45, 2.75) is 32.9 Å². The molecule has 0 saturated carbocycles. The maximum absolute atomic E-state index is 11.7. The minimum absolute atomic E-state index is 0.340. The van der Waals surface area contributed by atoms with Gasteiger partial charge in [0.2, 0.25) is 0 Å². The number of amides is 1. The zero-order valence-corrected chi connectivity index (χ0v) is 10.6. The zero-order chi connectivity index (χ0) is 13.1. The topological polar surface area (TPSA) is 46.6 Å². The Balaban J connectivity index is 2.13. The van der Waals surface area contributed by atoms with Crippen molar-refractivity contribution < 1.29 is 14.3 Å². The first-order valence-corrected chi connectivity index (χ1v) is 6.14. The number of cyclic esters (lactones) is 2. The van der Waals surface area contributed by atoms with Gasteiger partial charge < -0.3 is 4.74 Å². The van der Waals surface area contributed by atoms with Gasteiger partial charge in [-0.25, -0.2) is 9.59 Å². The van der Waals surface area contributed by atoms with E-state index in [-0.39, 0.29) is 0 Å². The van der Waals surface area contributed by atoms with E-state index < -0.39 is 18.1 Å². The normalized spacial score (nSPS) is 19.5. The summed E-state index contributed by atoms with van der Waals surface area (Å²) in [5.41, 5.74) is 0.998. The number of rotatable bonds is 4. The van der Waals surface area contributed by atoms with Gasteiger partial charge >= 0.3 is 12.1 Å². The molecule has 96 valence electrons. The number of benzene rings is 1. The van der Waals surface area contributed by atoms with Crippen LogP contribution < -0.4 is 0 Å². The molecule has 2 rings (SSSR count). The third-order valence-corrected chi connectivity index (χ3v) is 2.96. The summed E-state index contributed by atoms with van der Waals surface area (Å²) in [7, 11) is 0. The molecule has 0 unspecified atom stereocenters. The van der Waals surface area contributed by atoms with Crippen LogP contribution in [-0.2, 0) is 16.1 Å². The quantitative estimate of drug-likeness (QED) is 0.607. The molecule has 0 aliphatic carbocycles. The Morgan fingerprint density at radius 3 is 2.50 bits per heavy atom. The van der Waals surface area contributed by atoms with Gasteiger partial charge in [-0.2, -0.15) is 0 Å². The molecule has 1 atom stereocenters. The van der Waals surface area contributed by atoms with Gasteiger partial charge in [0.05, 0.1) is 0 Å². The third-order valence-electron chi connectivity index (χ3n) is 2.96. The number of hydrogen-bond acceptors (Lipinski definition) is 3. The van der Waals surface area contributed by atoms with Gasteiger partial charge in [-0.15, -0.1) is 0 Å². The Hall–Kier alpha value is -1.84. The fourth-order valence-corrected chi connectivity index (χ4v) is 2.09. The van der Waals surface area contributed by atoms with Crippen LogP contribution in [0.5, 0.6) is 0 Å². The molecule has 1 saturated heterocycles. The van der Waals surface area contributed by atoms with E-state index in [4.69, 9.17) is 4.74 Å². The highest BCUT2D eigenvalue weighted by atomic mass is 16.6. The molecule has 0 radical (unpaired) electrons. The fourth-order valence-electron chi connectivity index (χ4n) is 2.09. The summed E-state index contributed by atoms with van der Waals surface area (Å²) in [5, 5.41) is 0. The van der Waals surface area contributed by atoms with Crippen molar-refractivity contribution in [2.24, 2.45) is 5.92 Å². The molecule has 0 N–H and O–H groups in total. The number of hydrogen-bond donors (Lipinski definition) is 0. The van der Waals surface area contributed by atoms with E-state index in [0.717, 1.165) is 5.56 Å².